The summed E-state index contributed by atoms with van der Waals surface area (Å²) in [5.41, 5.74) is 4.79. The Bertz CT molecular complexity index is 856. The maximum Gasteiger partial charge on any atom is 1.00 e. The molecule has 2 heteroatoms. The first-order chi connectivity index (χ1) is 12.4. The molecule has 4 aromatic carbocycles. The number of hydrogen-bond donors (Lipinski definition) is 0. The Labute approximate surface area is 178 Å². The van der Waals surface area contributed by atoms with Gasteiger partial charge < -0.3 is 6.16 Å². The molecule has 1 nitrogen and oxygen atoms in total. The molecule has 0 heterocycles. The third-order valence-electron chi connectivity index (χ3n) is 4.16. The molecule has 0 atom stereocenters. The third-order valence-corrected chi connectivity index (χ3v) is 4.16. The zero-order chi connectivity index (χ0) is 16.9. The first-order valence-electron chi connectivity index (χ1n) is 8.37. The van der Waals surface area contributed by atoms with E-state index >= 15 is 0 Å². The monoisotopic (exact) mass is 346 g/mol. The molecule has 0 saturated heterocycles. The van der Waals surface area contributed by atoms with E-state index in [2.05, 4.69) is 48.5 Å². The van der Waals surface area contributed by atoms with Gasteiger partial charge in [-0.1, -0.05) is 84.9 Å². The van der Waals surface area contributed by atoms with Crippen molar-refractivity contribution in [2.45, 2.75) is 0 Å². The van der Waals surface area contributed by atoms with Crippen molar-refractivity contribution in [3.05, 3.63) is 109 Å². The van der Waals surface area contributed by atoms with Gasteiger partial charge >= 0.3 is 29.6 Å². The molecule has 4 aromatic rings. The summed E-state index contributed by atoms with van der Waals surface area (Å²) in [6.45, 7) is 0. The molecule has 0 amide bonds. The Morgan fingerprint density at radius 1 is 0.385 bits per heavy atom. The third kappa shape index (κ3) is 4.44. The van der Waals surface area contributed by atoms with Crippen LogP contribution >= 0.6 is 0 Å². The van der Waals surface area contributed by atoms with E-state index in [4.69, 9.17) is 4.74 Å². The molecule has 0 bridgehead atoms. The van der Waals surface area contributed by atoms with Crippen LogP contribution in [0, 0.1) is 0 Å². The average molecular weight is 346 g/mol. The van der Waals surface area contributed by atoms with Gasteiger partial charge in [0.05, 0.1) is 0 Å². The topological polar surface area (TPSA) is 9.23 Å². The van der Waals surface area contributed by atoms with Crippen LogP contribution in [0.15, 0.2) is 109 Å². The summed E-state index contributed by atoms with van der Waals surface area (Å²) in [6, 6.07) is 37.1. The van der Waals surface area contributed by atoms with Gasteiger partial charge in [-0.15, -0.1) is 0 Å². The van der Waals surface area contributed by atoms with Crippen LogP contribution in [0.5, 0.6) is 11.5 Å². The first-order valence-corrected chi connectivity index (χ1v) is 8.37. The molecule has 26 heavy (non-hydrogen) atoms. The van der Waals surface area contributed by atoms with Crippen molar-refractivity contribution in [2.24, 2.45) is 0 Å². The van der Waals surface area contributed by atoms with E-state index in [1.165, 1.54) is 22.3 Å². The molecule has 0 aliphatic heterocycles. The predicted octanol–water partition coefficient (Wildman–Crippen LogP) is 3.93. The molecule has 0 fully saturated rings. The summed E-state index contributed by atoms with van der Waals surface area (Å²) in [5, 5.41) is 0. The normalized spacial score (nSPS) is 10.0. The van der Waals surface area contributed by atoms with Gasteiger partial charge in [0.2, 0.25) is 0 Å². The van der Waals surface area contributed by atoms with Crippen molar-refractivity contribution >= 4 is 0 Å². The summed E-state index contributed by atoms with van der Waals surface area (Å²) in [4.78, 5) is 0. The van der Waals surface area contributed by atoms with Crippen LogP contribution in [0.4, 0.5) is 0 Å². The standard InChI is InChI=1S/C24H18O.Na.H/c1-3-7-19(8-4-1)21-11-15-23(16-12-21)25-24-17-13-22(14-18-24)20-9-5-2-6-10-20;;/h1-18H;;/q;+1;-1. The Morgan fingerprint density at radius 2 is 0.692 bits per heavy atom. The molecule has 0 spiro atoms. The van der Waals surface area contributed by atoms with Crippen LogP contribution in [0.25, 0.3) is 22.3 Å². The minimum Gasteiger partial charge on any atom is -1.00 e. The van der Waals surface area contributed by atoms with Gasteiger partial charge in [0.25, 0.3) is 0 Å². The molecule has 0 radical (unpaired) electrons. The van der Waals surface area contributed by atoms with Crippen LogP contribution in [0.2, 0.25) is 0 Å². The summed E-state index contributed by atoms with van der Waals surface area (Å²) < 4.78 is 5.96. The molecule has 4 rings (SSSR count). The Balaban J connectivity index is 0.00000131. The minimum absolute atomic E-state index is 0. The van der Waals surface area contributed by atoms with Gasteiger partial charge in [-0.3, -0.25) is 0 Å². The Hall–Kier alpha value is -2.32. The van der Waals surface area contributed by atoms with Crippen LogP contribution < -0.4 is 34.3 Å². The van der Waals surface area contributed by atoms with E-state index in [0.717, 1.165) is 11.5 Å². The van der Waals surface area contributed by atoms with Crippen molar-refractivity contribution in [1.82, 2.24) is 0 Å². The molecule has 0 unspecified atom stereocenters. The molecule has 0 aliphatic carbocycles. The largest absolute Gasteiger partial charge is 1.00 e. The van der Waals surface area contributed by atoms with Crippen LogP contribution in [0.3, 0.4) is 0 Å². The van der Waals surface area contributed by atoms with Crippen molar-refractivity contribution in [2.75, 3.05) is 0 Å². The second kappa shape index (κ2) is 8.86. The molecular weight excluding hydrogens is 327 g/mol. The fourth-order valence-corrected chi connectivity index (χ4v) is 2.83. The SMILES string of the molecule is [H-].[Na+].c1ccc(-c2ccc(Oc3ccc(-c4ccccc4)cc3)cc2)cc1. The number of hydrogen-bond acceptors (Lipinski definition) is 1. The van der Waals surface area contributed by atoms with Crippen LogP contribution in [-0.4, -0.2) is 0 Å². The van der Waals surface area contributed by atoms with Gasteiger partial charge in [-0.25, -0.2) is 0 Å². The van der Waals surface area contributed by atoms with Crippen molar-refractivity contribution < 1.29 is 35.7 Å². The smallest absolute Gasteiger partial charge is 1.00 e. The quantitative estimate of drug-likeness (QED) is 0.509. The second-order valence-corrected chi connectivity index (χ2v) is 5.88. The molecule has 122 valence electrons. The summed E-state index contributed by atoms with van der Waals surface area (Å²) in [6.07, 6.45) is 0. The van der Waals surface area contributed by atoms with Crippen molar-refractivity contribution in [3.8, 4) is 33.8 Å². The summed E-state index contributed by atoms with van der Waals surface area (Å²) in [5.74, 6) is 1.68. The van der Waals surface area contributed by atoms with E-state index in [1.807, 2.05) is 60.7 Å². The van der Waals surface area contributed by atoms with Gasteiger partial charge in [0.1, 0.15) is 11.5 Å². The number of ether oxygens (including phenoxy) is 1. The average Bonchev–Trinajstić information content (AvgIpc) is 2.71. The van der Waals surface area contributed by atoms with Gasteiger partial charge in [-0.2, -0.15) is 0 Å². The van der Waals surface area contributed by atoms with E-state index in [1.54, 1.807) is 0 Å². The van der Waals surface area contributed by atoms with E-state index in [-0.39, 0.29) is 31.0 Å². The zero-order valence-corrected chi connectivity index (χ0v) is 16.8. The van der Waals surface area contributed by atoms with Crippen LogP contribution in [0.1, 0.15) is 1.43 Å². The van der Waals surface area contributed by atoms with E-state index < -0.39 is 0 Å². The second-order valence-electron chi connectivity index (χ2n) is 5.88. The number of benzene rings is 4. The molecule has 0 aliphatic rings. The van der Waals surface area contributed by atoms with Crippen molar-refractivity contribution in [3.63, 3.8) is 0 Å². The Kier molecular flexibility index (Phi) is 6.30. The predicted molar refractivity (Wildman–Crippen MR) is 105 cm³/mol. The fourth-order valence-electron chi connectivity index (χ4n) is 2.83. The number of rotatable bonds is 4. The summed E-state index contributed by atoms with van der Waals surface area (Å²) in [7, 11) is 0. The molecule has 0 N–H and O–H groups in total. The van der Waals surface area contributed by atoms with E-state index in [9.17, 15) is 0 Å². The van der Waals surface area contributed by atoms with E-state index in [0.29, 0.717) is 0 Å². The van der Waals surface area contributed by atoms with Crippen LogP contribution in [-0.2, 0) is 0 Å². The minimum atomic E-state index is 0. The maximum atomic E-state index is 5.96. The maximum absolute atomic E-state index is 5.96. The molecular formula is C24H19NaO. The Morgan fingerprint density at radius 3 is 1.04 bits per heavy atom. The van der Waals surface area contributed by atoms with Gasteiger partial charge in [0, 0.05) is 0 Å². The van der Waals surface area contributed by atoms with Crippen molar-refractivity contribution in [1.29, 1.82) is 0 Å². The zero-order valence-electron chi connectivity index (χ0n) is 15.8. The fraction of sp³-hybridized carbons (Fsp3) is 0. The molecule has 0 saturated carbocycles. The first kappa shape index (κ1) is 18.5. The summed E-state index contributed by atoms with van der Waals surface area (Å²) >= 11 is 0. The van der Waals surface area contributed by atoms with Gasteiger partial charge in [0.15, 0.2) is 0 Å². The molecule has 0 aromatic heterocycles. The van der Waals surface area contributed by atoms with Gasteiger partial charge in [-0.05, 0) is 46.5 Å².